The van der Waals surface area contributed by atoms with E-state index in [9.17, 15) is 14.2 Å². The van der Waals surface area contributed by atoms with Gasteiger partial charge in [0.1, 0.15) is 5.75 Å². The van der Waals surface area contributed by atoms with Crippen molar-refractivity contribution in [1.82, 2.24) is 0 Å². The third kappa shape index (κ3) is 7.92. The van der Waals surface area contributed by atoms with Crippen LogP contribution >= 0.6 is 7.82 Å². The van der Waals surface area contributed by atoms with Gasteiger partial charge >= 0.3 is 19.8 Å². The number of rotatable bonds is 9. The summed E-state index contributed by atoms with van der Waals surface area (Å²) in [7, 11) is -4.63. The predicted octanol–water partition coefficient (Wildman–Crippen LogP) is 2.21. The highest BCUT2D eigenvalue weighted by atomic mass is 31.2. The number of carbonyl (C=O) groups excluding carboxylic acids is 2. The van der Waals surface area contributed by atoms with Crippen molar-refractivity contribution in [3.8, 4) is 5.75 Å². The van der Waals surface area contributed by atoms with E-state index in [-0.39, 0.29) is 24.5 Å². The Bertz CT molecular complexity index is 631. The number of phosphoric acid groups is 1. The molecule has 8 nitrogen and oxygen atoms in total. The highest BCUT2D eigenvalue weighted by molar-refractivity contribution is 7.46. The van der Waals surface area contributed by atoms with Gasteiger partial charge in [-0.25, -0.2) is 14.2 Å². The Labute approximate surface area is 139 Å². The van der Waals surface area contributed by atoms with Crippen LogP contribution in [0.3, 0.4) is 0 Å². The van der Waals surface area contributed by atoms with Crippen LogP contribution in [0.15, 0.2) is 36.4 Å². The third-order valence-electron chi connectivity index (χ3n) is 2.67. The van der Waals surface area contributed by atoms with Gasteiger partial charge in [0.15, 0.2) is 0 Å². The van der Waals surface area contributed by atoms with E-state index in [0.29, 0.717) is 18.4 Å². The molecule has 0 aliphatic rings. The Kier molecular flexibility index (Phi) is 7.64. The summed E-state index contributed by atoms with van der Waals surface area (Å²) in [6, 6.07) is 5.18. The van der Waals surface area contributed by atoms with Crippen LogP contribution in [-0.4, -0.2) is 34.9 Å². The number of hydrogen-bond acceptors (Lipinski definition) is 6. The standard InChI is InChI=1S/C15H19O8P/c1-11(2)14(16)21-9-3-4-10-22-15(17)12-5-7-13(8-6-12)23-24(18,19)20/h5-8H,1,3-4,9-10H2,2H3,(H2,18,19,20). The Morgan fingerprint density at radius 3 is 2.12 bits per heavy atom. The largest absolute Gasteiger partial charge is 0.524 e. The summed E-state index contributed by atoms with van der Waals surface area (Å²) in [4.78, 5) is 40.2. The molecule has 1 aromatic carbocycles. The molecule has 0 saturated carbocycles. The van der Waals surface area contributed by atoms with Gasteiger partial charge in [0.05, 0.1) is 18.8 Å². The molecule has 0 aliphatic heterocycles. The fourth-order valence-electron chi connectivity index (χ4n) is 1.53. The lowest BCUT2D eigenvalue weighted by Crippen LogP contribution is -2.09. The fourth-order valence-corrected chi connectivity index (χ4v) is 1.93. The van der Waals surface area contributed by atoms with Gasteiger partial charge in [-0.15, -0.1) is 0 Å². The maximum Gasteiger partial charge on any atom is 0.524 e. The van der Waals surface area contributed by atoms with Crippen molar-refractivity contribution >= 4 is 19.8 Å². The Balaban J connectivity index is 2.29. The second kappa shape index (κ2) is 9.22. The molecule has 132 valence electrons. The first kappa shape index (κ1) is 19.9. The first-order valence-corrected chi connectivity index (χ1v) is 8.57. The molecule has 1 rings (SSSR count). The van der Waals surface area contributed by atoms with Gasteiger partial charge in [0.25, 0.3) is 0 Å². The lowest BCUT2D eigenvalue weighted by atomic mass is 10.2. The van der Waals surface area contributed by atoms with Crippen molar-refractivity contribution in [2.75, 3.05) is 13.2 Å². The van der Waals surface area contributed by atoms with Crippen LogP contribution in [0, 0.1) is 0 Å². The van der Waals surface area contributed by atoms with Crippen LogP contribution in [-0.2, 0) is 18.8 Å². The zero-order valence-electron chi connectivity index (χ0n) is 13.1. The minimum absolute atomic E-state index is 0.0563. The van der Waals surface area contributed by atoms with Crippen LogP contribution in [0.25, 0.3) is 0 Å². The molecule has 0 aromatic heterocycles. The Morgan fingerprint density at radius 2 is 1.62 bits per heavy atom. The van der Waals surface area contributed by atoms with Crippen molar-refractivity contribution in [2.24, 2.45) is 0 Å². The van der Waals surface area contributed by atoms with Crippen molar-refractivity contribution < 1.29 is 37.9 Å². The quantitative estimate of drug-likeness (QED) is 0.298. The minimum atomic E-state index is -4.63. The number of phosphoric ester groups is 1. The number of carbonyl (C=O) groups is 2. The van der Waals surface area contributed by atoms with E-state index in [1.807, 2.05) is 0 Å². The average Bonchev–Trinajstić information content (AvgIpc) is 2.49. The molecule has 0 atom stereocenters. The van der Waals surface area contributed by atoms with Crippen molar-refractivity contribution in [1.29, 1.82) is 0 Å². The third-order valence-corrected chi connectivity index (χ3v) is 3.12. The molecule has 0 amide bonds. The molecule has 0 unspecified atom stereocenters. The van der Waals surface area contributed by atoms with Gasteiger partial charge < -0.3 is 14.0 Å². The van der Waals surface area contributed by atoms with Crippen molar-refractivity contribution in [3.63, 3.8) is 0 Å². The number of ether oxygens (including phenoxy) is 2. The smallest absolute Gasteiger partial charge is 0.462 e. The maximum atomic E-state index is 11.8. The monoisotopic (exact) mass is 358 g/mol. The Hall–Kier alpha value is -2.15. The molecule has 0 bridgehead atoms. The fraction of sp³-hybridized carbons (Fsp3) is 0.333. The SMILES string of the molecule is C=C(C)C(=O)OCCCCOC(=O)c1ccc(OP(=O)(O)O)cc1. The van der Waals surface area contributed by atoms with Crippen LogP contribution < -0.4 is 4.52 Å². The van der Waals surface area contributed by atoms with E-state index in [0.717, 1.165) is 0 Å². The molecule has 0 fully saturated rings. The minimum Gasteiger partial charge on any atom is -0.462 e. The molecule has 24 heavy (non-hydrogen) atoms. The van der Waals surface area contributed by atoms with Crippen LogP contribution in [0.1, 0.15) is 30.1 Å². The first-order valence-electron chi connectivity index (χ1n) is 7.04. The van der Waals surface area contributed by atoms with Crippen LogP contribution in [0.4, 0.5) is 0 Å². The van der Waals surface area contributed by atoms with Crippen molar-refractivity contribution in [3.05, 3.63) is 42.0 Å². The topological polar surface area (TPSA) is 119 Å². The van der Waals surface area contributed by atoms with Gasteiger partial charge in [0, 0.05) is 5.57 Å². The average molecular weight is 358 g/mol. The molecule has 2 N–H and O–H groups in total. The van der Waals surface area contributed by atoms with E-state index < -0.39 is 19.8 Å². The zero-order valence-corrected chi connectivity index (χ0v) is 14.0. The highest BCUT2D eigenvalue weighted by Gasteiger charge is 2.16. The van der Waals surface area contributed by atoms with E-state index in [1.165, 1.54) is 24.3 Å². The molecule has 0 saturated heterocycles. The zero-order chi connectivity index (χ0) is 18.2. The number of unbranched alkanes of at least 4 members (excludes halogenated alkanes) is 1. The molecule has 1 aromatic rings. The van der Waals surface area contributed by atoms with Crippen LogP contribution in [0.2, 0.25) is 0 Å². The van der Waals surface area contributed by atoms with E-state index in [1.54, 1.807) is 6.92 Å². The first-order chi connectivity index (χ1) is 11.2. The summed E-state index contributed by atoms with van der Waals surface area (Å²) in [5.74, 6) is -1.08. The molecular formula is C15H19O8P. The summed E-state index contributed by atoms with van der Waals surface area (Å²) in [5.41, 5.74) is 0.550. The van der Waals surface area contributed by atoms with E-state index in [4.69, 9.17) is 19.3 Å². The second-order valence-electron chi connectivity index (χ2n) is 4.87. The molecule has 0 heterocycles. The molecule has 0 spiro atoms. The highest BCUT2D eigenvalue weighted by Crippen LogP contribution is 2.37. The summed E-state index contributed by atoms with van der Waals surface area (Å²) >= 11 is 0. The molecule has 0 radical (unpaired) electrons. The second-order valence-corrected chi connectivity index (χ2v) is 6.03. The molecular weight excluding hydrogens is 339 g/mol. The summed E-state index contributed by atoms with van der Waals surface area (Å²) < 4.78 is 25.0. The van der Waals surface area contributed by atoms with Crippen molar-refractivity contribution in [2.45, 2.75) is 19.8 Å². The lowest BCUT2D eigenvalue weighted by Gasteiger charge is -2.08. The maximum absolute atomic E-state index is 11.8. The molecule has 9 heteroatoms. The van der Waals surface area contributed by atoms with Gasteiger partial charge in [-0.3, -0.25) is 9.79 Å². The van der Waals surface area contributed by atoms with Gasteiger partial charge in [-0.2, -0.15) is 0 Å². The van der Waals surface area contributed by atoms with Crippen LogP contribution in [0.5, 0.6) is 5.75 Å². The normalized spacial score (nSPS) is 10.8. The Morgan fingerprint density at radius 1 is 1.08 bits per heavy atom. The van der Waals surface area contributed by atoms with E-state index >= 15 is 0 Å². The predicted molar refractivity (Wildman–Crippen MR) is 84.4 cm³/mol. The number of hydrogen-bond donors (Lipinski definition) is 2. The van der Waals surface area contributed by atoms with Gasteiger partial charge in [-0.05, 0) is 44.0 Å². The number of benzene rings is 1. The summed E-state index contributed by atoms with van der Waals surface area (Å²) in [6.07, 6.45) is 1.07. The van der Waals surface area contributed by atoms with Gasteiger partial charge in [-0.1, -0.05) is 6.58 Å². The van der Waals surface area contributed by atoms with E-state index in [2.05, 4.69) is 11.1 Å². The van der Waals surface area contributed by atoms with Gasteiger partial charge in [0.2, 0.25) is 0 Å². The summed E-state index contributed by atoms with van der Waals surface area (Å²) in [6.45, 7) is 5.39. The lowest BCUT2D eigenvalue weighted by molar-refractivity contribution is -0.139. The molecule has 0 aliphatic carbocycles. The number of esters is 2. The summed E-state index contributed by atoms with van der Waals surface area (Å²) in [5, 5.41) is 0.